The molecule has 3 heteroatoms. The van der Waals surface area contributed by atoms with E-state index in [9.17, 15) is 4.39 Å². The molecule has 0 aliphatic carbocycles. The molecule has 10 heavy (non-hydrogen) atoms. The van der Waals surface area contributed by atoms with Crippen LogP contribution in [0.2, 0.25) is 5.02 Å². The minimum Gasteiger partial charge on any atom is -0.387 e. The van der Waals surface area contributed by atoms with Crippen molar-refractivity contribution < 1.29 is 4.39 Å². The summed E-state index contributed by atoms with van der Waals surface area (Å²) in [6, 6.07) is 4.22. The Morgan fingerprint density at radius 1 is 1.50 bits per heavy atom. The molecule has 1 aromatic carbocycles. The Kier molecular flexibility index (Phi) is 2.12. The number of halogens is 2. The van der Waals surface area contributed by atoms with E-state index in [0.29, 0.717) is 5.02 Å². The summed E-state index contributed by atoms with van der Waals surface area (Å²) >= 11 is 5.63. The second kappa shape index (κ2) is 2.88. The smallest absolute Gasteiger partial charge is 0.124 e. The van der Waals surface area contributed by atoms with Crippen LogP contribution in [0, 0.1) is 5.82 Å². The normalized spacial score (nSPS) is 9.50. The van der Waals surface area contributed by atoms with Crippen LogP contribution in [0.25, 0.3) is 0 Å². The first-order chi connectivity index (χ1) is 4.74. The minimum atomic E-state index is -0.316. The highest BCUT2D eigenvalue weighted by molar-refractivity contribution is 6.33. The Morgan fingerprint density at radius 2 is 2.20 bits per heavy atom. The van der Waals surface area contributed by atoms with Crippen molar-refractivity contribution in [1.29, 1.82) is 0 Å². The molecular formula is C7H7ClFN. The Bertz CT molecular complexity index is 237. The summed E-state index contributed by atoms with van der Waals surface area (Å²) in [6.45, 7) is 0. The third-order valence-corrected chi connectivity index (χ3v) is 1.51. The zero-order valence-electron chi connectivity index (χ0n) is 5.49. The molecule has 0 saturated heterocycles. The minimum absolute atomic E-state index is 0.316. The molecule has 0 aliphatic heterocycles. The van der Waals surface area contributed by atoms with E-state index in [1.165, 1.54) is 12.1 Å². The molecule has 0 atom stereocenters. The topological polar surface area (TPSA) is 12.0 Å². The number of hydrogen-bond acceptors (Lipinski definition) is 1. The quantitative estimate of drug-likeness (QED) is 0.664. The predicted molar refractivity (Wildman–Crippen MR) is 41.0 cm³/mol. The molecule has 1 aromatic rings. The van der Waals surface area contributed by atoms with Gasteiger partial charge in [-0.15, -0.1) is 0 Å². The maximum absolute atomic E-state index is 12.4. The fraction of sp³-hybridized carbons (Fsp3) is 0.143. The van der Waals surface area contributed by atoms with Gasteiger partial charge in [-0.1, -0.05) is 11.6 Å². The Balaban J connectivity index is 3.07. The molecule has 0 heterocycles. The van der Waals surface area contributed by atoms with Gasteiger partial charge < -0.3 is 5.32 Å². The van der Waals surface area contributed by atoms with E-state index in [2.05, 4.69) is 5.32 Å². The average molecular weight is 160 g/mol. The molecule has 0 saturated carbocycles. The van der Waals surface area contributed by atoms with Crippen LogP contribution >= 0.6 is 11.6 Å². The van der Waals surface area contributed by atoms with Crippen LogP contribution in [-0.2, 0) is 0 Å². The molecule has 1 N–H and O–H groups in total. The van der Waals surface area contributed by atoms with Crippen molar-refractivity contribution in [1.82, 2.24) is 0 Å². The van der Waals surface area contributed by atoms with Crippen LogP contribution in [0.4, 0.5) is 10.1 Å². The Morgan fingerprint density at radius 3 is 2.70 bits per heavy atom. The third kappa shape index (κ3) is 1.39. The molecule has 54 valence electrons. The molecule has 0 bridgehead atoms. The second-order valence-corrected chi connectivity index (χ2v) is 2.28. The molecular weight excluding hydrogens is 153 g/mol. The van der Waals surface area contributed by atoms with E-state index in [0.717, 1.165) is 5.69 Å². The van der Waals surface area contributed by atoms with Gasteiger partial charge in [-0.25, -0.2) is 4.39 Å². The van der Waals surface area contributed by atoms with Crippen molar-refractivity contribution in [3.8, 4) is 0 Å². The summed E-state index contributed by atoms with van der Waals surface area (Å²) < 4.78 is 12.4. The number of benzene rings is 1. The molecule has 1 rings (SSSR count). The zero-order valence-corrected chi connectivity index (χ0v) is 6.24. The van der Waals surface area contributed by atoms with Gasteiger partial charge in [0.2, 0.25) is 0 Å². The van der Waals surface area contributed by atoms with Gasteiger partial charge in [0, 0.05) is 7.05 Å². The van der Waals surface area contributed by atoms with Crippen LogP contribution in [-0.4, -0.2) is 7.05 Å². The van der Waals surface area contributed by atoms with Gasteiger partial charge >= 0.3 is 0 Å². The molecule has 0 radical (unpaired) electrons. The first-order valence-electron chi connectivity index (χ1n) is 2.87. The highest BCUT2D eigenvalue weighted by atomic mass is 35.5. The highest BCUT2D eigenvalue weighted by Crippen LogP contribution is 2.21. The molecule has 1 nitrogen and oxygen atoms in total. The summed E-state index contributed by atoms with van der Waals surface area (Å²) in [7, 11) is 1.74. The molecule has 0 fully saturated rings. The lowest BCUT2D eigenvalue weighted by Gasteiger charge is -2.00. The van der Waals surface area contributed by atoms with Crippen LogP contribution in [0.3, 0.4) is 0 Å². The fourth-order valence-electron chi connectivity index (χ4n) is 0.692. The van der Waals surface area contributed by atoms with Gasteiger partial charge in [0.1, 0.15) is 5.82 Å². The highest BCUT2D eigenvalue weighted by Gasteiger charge is 1.97. The standard InChI is InChI=1S/C7H7ClFN/c1-10-7-3-2-5(9)4-6(7)8/h2-4,10H,1H3. The van der Waals surface area contributed by atoms with E-state index < -0.39 is 0 Å². The first-order valence-corrected chi connectivity index (χ1v) is 3.24. The molecule has 0 unspecified atom stereocenters. The maximum Gasteiger partial charge on any atom is 0.124 e. The zero-order chi connectivity index (χ0) is 7.56. The number of hydrogen-bond donors (Lipinski definition) is 1. The fourth-order valence-corrected chi connectivity index (χ4v) is 0.954. The average Bonchev–Trinajstić information content (AvgIpc) is 1.88. The lowest BCUT2D eigenvalue weighted by molar-refractivity contribution is 0.628. The van der Waals surface area contributed by atoms with Crippen LogP contribution in [0.5, 0.6) is 0 Å². The van der Waals surface area contributed by atoms with Crippen molar-refractivity contribution in [3.05, 3.63) is 29.0 Å². The largest absolute Gasteiger partial charge is 0.387 e. The van der Waals surface area contributed by atoms with E-state index >= 15 is 0 Å². The third-order valence-electron chi connectivity index (χ3n) is 1.20. The lowest BCUT2D eigenvalue weighted by atomic mass is 10.3. The van der Waals surface area contributed by atoms with Gasteiger partial charge in [0.25, 0.3) is 0 Å². The molecule has 0 spiro atoms. The van der Waals surface area contributed by atoms with E-state index in [-0.39, 0.29) is 5.82 Å². The van der Waals surface area contributed by atoms with Crippen molar-refractivity contribution in [2.24, 2.45) is 0 Å². The van der Waals surface area contributed by atoms with E-state index in [1.54, 1.807) is 13.1 Å². The molecule has 0 aliphatic rings. The summed E-state index contributed by atoms with van der Waals surface area (Å²) in [4.78, 5) is 0. The van der Waals surface area contributed by atoms with Crippen LogP contribution in [0.1, 0.15) is 0 Å². The monoisotopic (exact) mass is 159 g/mol. The molecule has 0 aromatic heterocycles. The predicted octanol–water partition coefficient (Wildman–Crippen LogP) is 2.52. The SMILES string of the molecule is CNc1ccc(F)cc1Cl. The Labute approximate surface area is 63.8 Å². The van der Waals surface area contributed by atoms with E-state index in [4.69, 9.17) is 11.6 Å². The van der Waals surface area contributed by atoms with Gasteiger partial charge in [-0.3, -0.25) is 0 Å². The summed E-state index contributed by atoms with van der Waals surface area (Å²) in [5, 5.41) is 3.23. The number of anilines is 1. The van der Waals surface area contributed by atoms with Gasteiger partial charge in [-0.05, 0) is 18.2 Å². The number of nitrogens with one attached hydrogen (secondary N) is 1. The van der Waals surface area contributed by atoms with Gasteiger partial charge in [-0.2, -0.15) is 0 Å². The maximum atomic E-state index is 12.4. The van der Waals surface area contributed by atoms with Crippen molar-refractivity contribution in [2.45, 2.75) is 0 Å². The second-order valence-electron chi connectivity index (χ2n) is 1.87. The molecule has 0 amide bonds. The Hall–Kier alpha value is -0.760. The van der Waals surface area contributed by atoms with Crippen molar-refractivity contribution in [2.75, 3.05) is 12.4 Å². The summed E-state index contributed by atoms with van der Waals surface area (Å²) in [5.74, 6) is -0.316. The lowest BCUT2D eigenvalue weighted by Crippen LogP contribution is -1.88. The van der Waals surface area contributed by atoms with Crippen LogP contribution < -0.4 is 5.32 Å². The van der Waals surface area contributed by atoms with Gasteiger partial charge in [0.05, 0.1) is 10.7 Å². The van der Waals surface area contributed by atoms with Gasteiger partial charge in [0.15, 0.2) is 0 Å². The van der Waals surface area contributed by atoms with Crippen molar-refractivity contribution >= 4 is 17.3 Å². The summed E-state index contributed by atoms with van der Waals surface area (Å²) in [5.41, 5.74) is 0.739. The van der Waals surface area contributed by atoms with Crippen molar-refractivity contribution in [3.63, 3.8) is 0 Å². The van der Waals surface area contributed by atoms with Crippen LogP contribution in [0.15, 0.2) is 18.2 Å². The van der Waals surface area contributed by atoms with E-state index in [1.807, 2.05) is 0 Å². The number of rotatable bonds is 1. The summed E-state index contributed by atoms with van der Waals surface area (Å²) in [6.07, 6.45) is 0. The first kappa shape index (κ1) is 7.35.